The van der Waals surface area contributed by atoms with Crippen LogP contribution in [-0.4, -0.2) is 30.9 Å². The lowest BCUT2D eigenvalue weighted by Gasteiger charge is -2.29. The molecule has 0 saturated carbocycles. The molecule has 1 aromatic heterocycles. The number of hydrogen-bond donors (Lipinski definition) is 0. The van der Waals surface area contributed by atoms with Crippen molar-refractivity contribution in [3.63, 3.8) is 0 Å². The van der Waals surface area contributed by atoms with E-state index in [-0.39, 0.29) is 5.56 Å². The van der Waals surface area contributed by atoms with E-state index < -0.39 is 0 Å². The van der Waals surface area contributed by atoms with Gasteiger partial charge >= 0.3 is 0 Å². The van der Waals surface area contributed by atoms with E-state index in [1.807, 2.05) is 6.07 Å². The van der Waals surface area contributed by atoms with Crippen LogP contribution < -0.4 is 10.5 Å². The summed E-state index contributed by atoms with van der Waals surface area (Å²) in [6.07, 6.45) is 0. The maximum absolute atomic E-state index is 11.4. The van der Waals surface area contributed by atoms with E-state index in [4.69, 9.17) is 4.74 Å². The Morgan fingerprint density at radius 3 is 2.71 bits per heavy atom. The van der Waals surface area contributed by atoms with E-state index >= 15 is 0 Å². The van der Waals surface area contributed by atoms with Crippen LogP contribution in [0.25, 0.3) is 0 Å². The van der Waals surface area contributed by atoms with Crippen molar-refractivity contribution in [2.45, 2.75) is 0 Å². The second-order valence-electron chi connectivity index (χ2n) is 3.38. The molecule has 0 N–H and O–H groups in total. The van der Waals surface area contributed by atoms with Gasteiger partial charge in [-0.15, -0.1) is 0 Å². The topological polar surface area (TPSA) is 34.5 Å². The van der Waals surface area contributed by atoms with Crippen LogP contribution in [0.3, 0.4) is 0 Å². The fourth-order valence-electron chi connectivity index (χ4n) is 1.66. The molecule has 1 aliphatic heterocycles. The molecule has 0 unspecified atom stereocenters. The van der Waals surface area contributed by atoms with Crippen molar-refractivity contribution >= 4 is 5.82 Å². The summed E-state index contributed by atoms with van der Waals surface area (Å²) in [6, 6.07) is 5.34. The monoisotopic (exact) mass is 194 g/mol. The normalized spacial score (nSPS) is 17.1. The van der Waals surface area contributed by atoms with E-state index in [9.17, 15) is 4.79 Å². The summed E-state index contributed by atoms with van der Waals surface area (Å²) in [4.78, 5) is 13.6. The van der Waals surface area contributed by atoms with Gasteiger partial charge in [-0.2, -0.15) is 0 Å². The Bertz CT molecular complexity index is 367. The number of ether oxygens (including phenoxy) is 1. The fourth-order valence-corrected chi connectivity index (χ4v) is 1.66. The zero-order chi connectivity index (χ0) is 9.97. The lowest BCUT2D eigenvalue weighted by atomic mass is 10.3. The first kappa shape index (κ1) is 9.27. The lowest BCUT2D eigenvalue weighted by Crippen LogP contribution is -2.39. The van der Waals surface area contributed by atoms with Gasteiger partial charge in [-0.25, -0.2) is 0 Å². The van der Waals surface area contributed by atoms with Crippen molar-refractivity contribution in [3.05, 3.63) is 28.6 Å². The van der Waals surface area contributed by atoms with Crippen LogP contribution in [0, 0.1) is 0 Å². The van der Waals surface area contributed by atoms with E-state index in [1.54, 1.807) is 23.7 Å². The molecular formula is C10H14N2O2. The Labute approximate surface area is 82.7 Å². The Balaban J connectivity index is 2.30. The highest BCUT2D eigenvalue weighted by atomic mass is 16.5. The highest BCUT2D eigenvalue weighted by Crippen LogP contribution is 2.11. The van der Waals surface area contributed by atoms with Gasteiger partial charge < -0.3 is 9.64 Å². The van der Waals surface area contributed by atoms with Gasteiger partial charge in [-0.05, 0) is 6.07 Å². The highest BCUT2D eigenvalue weighted by molar-refractivity contribution is 5.39. The Morgan fingerprint density at radius 2 is 2.00 bits per heavy atom. The number of nitrogens with zero attached hydrogens (tertiary/aromatic N) is 2. The number of pyridine rings is 1. The third kappa shape index (κ3) is 1.65. The van der Waals surface area contributed by atoms with Crippen molar-refractivity contribution in [2.75, 3.05) is 31.2 Å². The van der Waals surface area contributed by atoms with Gasteiger partial charge in [0.1, 0.15) is 5.82 Å². The molecule has 4 heteroatoms. The van der Waals surface area contributed by atoms with Crippen LogP contribution in [-0.2, 0) is 11.8 Å². The molecular weight excluding hydrogens is 180 g/mol. The predicted molar refractivity (Wildman–Crippen MR) is 54.7 cm³/mol. The first-order valence-electron chi connectivity index (χ1n) is 4.78. The molecule has 1 fully saturated rings. The number of morpholine rings is 1. The molecule has 76 valence electrons. The molecule has 2 heterocycles. The molecule has 14 heavy (non-hydrogen) atoms. The maximum atomic E-state index is 11.4. The second kappa shape index (κ2) is 3.84. The first-order valence-corrected chi connectivity index (χ1v) is 4.78. The smallest absolute Gasteiger partial charge is 0.251 e. The van der Waals surface area contributed by atoms with Gasteiger partial charge in [0.25, 0.3) is 5.56 Å². The quantitative estimate of drug-likeness (QED) is 0.641. The minimum Gasteiger partial charge on any atom is -0.378 e. The van der Waals surface area contributed by atoms with Gasteiger partial charge in [0.15, 0.2) is 0 Å². The number of hydrogen-bond acceptors (Lipinski definition) is 3. The number of anilines is 1. The van der Waals surface area contributed by atoms with Gasteiger partial charge in [0.05, 0.1) is 13.2 Å². The molecule has 0 aromatic carbocycles. The van der Waals surface area contributed by atoms with Crippen LogP contribution >= 0.6 is 0 Å². The van der Waals surface area contributed by atoms with Crippen molar-refractivity contribution in [1.82, 2.24) is 4.57 Å². The minimum absolute atomic E-state index is 0.0361. The molecule has 0 atom stereocenters. The SMILES string of the molecule is Cn1c(N2CCOCC2)cccc1=O. The van der Waals surface area contributed by atoms with Crippen LogP contribution in [0.5, 0.6) is 0 Å². The average Bonchev–Trinajstić information content (AvgIpc) is 2.23. The molecule has 0 aliphatic carbocycles. The molecule has 4 nitrogen and oxygen atoms in total. The largest absolute Gasteiger partial charge is 0.378 e. The average molecular weight is 194 g/mol. The summed E-state index contributed by atoms with van der Waals surface area (Å²) in [5, 5.41) is 0. The molecule has 0 bridgehead atoms. The number of rotatable bonds is 1. The van der Waals surface area contributed by atoms with Crippen molar-refractivity contribution in [1.29, 1.82) is 0 Å². The van der Waals surface area contributed by atoms with Crippen molar-refractivity contribution in [3.8, 4) is 0 Å². The molecule has 2 rings (SSSR count). The van der Waals surface area contributed by atoms with Crippen LogP contribution in [0.15, 0.2) is 23.0 Å². The Morgan fingerprint density at radius 1 is 1.29 bits per heavy atom. The molecule has 1 aromatic rings. The van der Waals surface area contributed by atoms with Gasteiger partial charge in [0.2, 0.25) is 0 Å². The Hall–Kier alpha value is -1.29. The zero-order valence-electron chi connectivity index (χ0n) is 8.27. The van der Waals surface area contributed by atoms with E-state index in [0.29, 0.717) is 0 Å². The van der Waals surface area contributed by atoms with Crippen LogP contribution in [0.2, 0.25) is 0 Å². The third-order valence-electron chi connectivity index (χ3n) is 2.49. The minimum atomic E-state index is 0.0361. The highest BCUT2D eigenvalue weighted by Gasteiger charge is 2.13. The summed E-state index contributed by atoms with van der Waals surface area (Å²) < 4.78 is 6.93. The second-order valence-corrected chi connectivity index (χ2v) is 3.38. The predicted octanol–water partition coefficient (Wildman–Crippen LogP) is 0.222. The van der Waals surface area contributed by atoms with E-state index in [2.05, 4.69) is 4.90 Å². The van der Waals surface area contributed by atoms with Crippen molar-refractivity contribution in [2.24, 2.45) is 7.05 Å². The molecule has 0 amide bonds. The zero-order valence-corrected chi connectivity index (χ0v) is 8.27. The maximum Gasteiger partial charge on any atom is 0.251 e. The summed E-state index contributed by atoms with van der Waals surface area (Å²) in [5.74, 6) is 0.973. The standard InChI is InChI=1S/C10H14N2O2/c1-11-9(3-2-4-10(11)13)12-5-7-14-8-6-12/h2-4H,5-8H2,1H3. The van der Waals surface area contributed by atoms with Crippen LogP contribution in [0.4, 0.5) is 5.82 Å². The van der Waals surface area contributed by atoms with Crippen molar-refractivity contribution < 1.29 is 4.74 Å². The molecule has 1 aliphatic rings. The molecule has 0 spiro atoms. The summed E-state index contributed by atoms with van der Waals surface area (Å²) in [6.45, 7) is 3.20. The third-order valence-corrected chi connectivity index (χ3v) is 2.49. The van der Waals surface area contributed by atoms with Crippen LogP contribution in [0.1, 0.15) is 0 Å². The van der Waals surface area contributed by atoms with Gasteiger partial charge in [-0.3, -0.25) is 9.36 Å². The molecule has 0 radical (unpaired) electrons. The fraction of sp³-hybridized carbons (Fsp3) is 0.500. The Kier molecular flexibility index (Phi) is 2.54. The summed E-state index contributed by atoms with van der Waals surface area (Å²) in [5.41, 5.74) is 0.0361. The summed E-state index contributed by atoms with van der Waals surface area (Å²) >= 11 is 0. The molecule has 1 saturated heterocycles. The number of aromatic nitrogens is 1. The van der Waals surface area contributed by atoms with E-state index in [1.165, 1.54) is 0 Å². The van der Waals surface area contributed by atoms with E-state index in [0.717, 1.165) is 32.1 Å². The first-order chi connectivity index (χ1) is 6.79. The summed E-state index contributed by atoms with van der Waals surface area (Å²) in [7, 11) is 1.80. The lowest BCUT2D eigenvalue weighted by molar-refractivity contribution is 0.122. The van der Waals surface area contributed by atoms with Gasteiger partial charge in [-0.1, -0.05) is 6.07 Å². The van der Waals surface area contributed by atoms with Gasteiger partial charge in [0, 0.05) is 26.2 Å².